The fraction of sp³-hybridized carbons (Fsp3) is 0.562. The Labute approximate surface area is 120 Å². The Morgan fingerprint density at radius 3 is 2.45 bits per heavy atom. The van der Waals surface area contributed by atoms with Crippen LogP contribution in [0.1, 0.15) is 32.3 Å². The maximum atomic E-state index is 12.0. The topological polar surface area (TPSA) is 75.4 Å². The highest BCUT2D eigenvalue weighted by molar-refractivity contribution is 5.81. The second-order valence-corrected chi connectivity index (χ2v) is 6.21. The number of nitrogens with one attached hydrogen (secondary N) is 1. The van der Waals surface area contributed by atoms with Gasteiger partial charge in [0.1, 0.15) is 5.75 Å². The lowest BCUT2D eigenvalue weighted by molar-refractivity contribution is -0.122. The van der Waals surface area contributed by atoms with E-state index in [4.69, 9.17) is 5.73 Å². The Kier molecular flexibility index (Phi) is 4.33. The first-order valence-corrected chi connectivity index (χ1v) is 7.24. The Hall–Kier alpha value is -1.55. The summed E-state index contributed by atoms with van der Waals surface area (Å²) in [6.45, 7) is 5.14. The molecule has 1 saturated carbocycles. The minimum Gasteiger partial charge on any atom is -0.508 e. The third kappa shape index (κ3) is 3.51. The molecule has 0 bridgehead atoms. The van der Waals surface area contributed by atoms with E-state index in [9.17, 15) is 9.90 Å². The maximum absolute atomic E-state index is 12.0. The van der Waals surface area contributed by atoms with Crippen LogP contribution in [0.3, 0.4) is 0 Å². The van der Waals surface area contributed by atoms with Gasteiger partial charge in [0.25, 0.3) is 0 Å². The molecule has 4 N–H and O–H groups in total. The van der Waals surface area contributed by atoms with Crippen LogP contribution in [0.25, 0.3) is 0 Å². The molecule has 1 unspecified atom stereocenters. The average molecular weight is 276 g/mol. The quantitative estimate of drug-likeness (QED) is 0.742. The lowest BCUT2D eigenvalue weighted by Gasteiger charge is -2.21. The molecule has 0 heterocycles. The van der Waals surface area contributed by atoms with Gasteiger partial charge in [-0.25, -0.2) is 0 Å². The number of phenolic OH excluding ortho intramolecular Hbond substituents is 1. The van der Waals surface area contributed by atoms with Gasteiger partial charge >= 0.3 is 0 Å². The van der Waals surface area contributed by atoms with E-state index >= 15 is 0 Å². The third-order valence-electron chi connectivity index (χ3n) is 4.46. The number of amides is 1. The van der Waals surface area contributed by atoms with E-state index in [0.29, 0.717) is 17.8 Å². The Morgan fingerprint density at radius 1 is 1.35 bits per heavy atom. The van der Waals surface area contributed by atoms with Crippen LogP contribution in [-0.4, -0.2) is 23.6 Å². The van der Waals surface area contributed by atoms with E-state index < -0.39 is 6.04 Å². The minimum absolute atomic E-state index is 0.0926. The van der Waals surface area contributed by atoms with Crippen LogP contribution in [0.2, 0.25) is 0 Å². The van der Waals surface area contributed by atoms with E-state index in [2.05, 4.69) is 19.2 Å². The highest BCUT2D eigenvalue weighted by Gasteiger charge is 2.45. The summed E-state index contributed by atoms with van der Waals surface area (Å²) in [5.41, 5.74) is 7.19. The van der Waals surface area contributed by atoms with Gasteiger partial charge in [-0.05, 0) is 48.3 Å². The van der Waals surface area contributed by atoms with Gasteiger partial charge < -0.3 is 16.2 Å². The van der Waals surface area contributed by atoms with Crippen LogP contribution in [0.5, 0.6) is 5.75 Å². The second-order valence-electron chi connectivity index (χ2n) is 6.21. The molecule has 1 aliphatic carbocycles. The van der Waals surface area contributed by atoms with Gasteiger partial charge in [0, 0.05) is 6.54 Å². The summed E-state index contributed by atoms with van der Waals surface area (Å²) < 4.78 is 0. The zero-order valence-electron chi connectivity index (χ0n) is 12.2. The number of hydrogen-bond acceptors (Lipinski definition) is 3. The first-order chi connectivity index (χ1) is 9.43. The van der Waals surface area contributed by atoms with Crippen molar-refractivity contribution in [3.63, 3.8) is 0 Å². The van der Waals surface area contributed by atoms with Crippen molar-refractivity contribution < 1.29 is 9.90 Å². The summed E-state index contributed by atoms with van der Waals surface area (Å²) in [5.74, 6) is 0.723. The van der Waals surface area contributed by atoms with Crippen molar-refractivity contribution in [1.82, 2.24) is 5.32 Å². The molecule has 0 spiro atoms. The maximum Gasteiger partial charge on any atom is 0.237 e. The predicted molar refractivity (Wildman–Crippen MR) is 79.3 cm³/mol. The van der Waals surface area contributed by atoms with Gasteiger partial charge in [-0.1, -0.05) is 26.0 Å². The predicted octanol–water partition coefficient (Wildman–Crippen LogP) is 1.81. The van der Waals surface area contributed by atoms with Crippen molar-refractivity contribution >= 4 is 5.91 Å². The molecule has 2 rings (SSSR count). The van der Waals surface area contributed by atoms with E-state index in [0.717, 1.165) is 12.1 Å². The number of benzene rings is 1. The standard InChI is InChI=1S/C16H24N2O2/c1-11(2)16(7-8-16)10-18-15(20)14(17)9-12-3-5-13(19)6-4-12/h3-6,11,14,19H,7-10,17H2,1-2H3,(H,18,20). The van der Waals surface area contributed by atoms with Crippen molar-refractivity contribution in [3.05, 3.63) is 29.8 Å². The van der Waals surface area contributed by atoms with Crippen LogP contribution >= 0.6 is 0 Å². The first-order valence-electron chi connectivity index (χ1n) is 7.24. The second kappa shape index (κ2) is 5.83. The molecule has 1 amide bonds. The Morgan fingerprint density at radius 2 is 1.95 bits per heavy atom. The molecule has 1 aliphatic rings. The van der Waals surface area contributed by atoms with Crippen LogP contribution in [0.4, 0.5) is 0 Å². The van der Waals surface area contributed by atoms with Gasteiger partial charge in [-0.2, -0.15) is 0 Å². The molecule has 1 aromatic rings. The molecule has 1 fully saturated rings. The van der Waals surface area contributed by atoms with Crippen molar-refractivity contribution in [2.75, 3.05) is 6.54 Å². The van der Waals surface area contributed by atoms with E-state index in [1.165, 1.54) is 12.8 Å². The molecule has 110 valence electrons. The van der Waals surface area contributed by atoms with Gasteiger partial charge in [0.15, 0.2) is 0 Å². The molecule has 0 aromatic heterocycles. The number of aromatic hydroxyl groups is 1. The van der Waals surface area contributed by atoms with Crippen LogP contribution in [-0.2, 0) is 11.2 Å². The lowest BCUT2D eigenvalue weighted by atomic mass is 9.92. The van der Waals surface area contributed by atoms with Crippen molar-refractivity contribution in [1.29, 1.82) is 0 Å². The van der Waals surface area contributed by atoms with E-state index in [-0.39, 0.29) is 11.7 Å². The van der Waals surface area contributed by atoms with Gasteiger partial charge in [-0.3, -0.25) is 4.79 Å². The van der Waals surface area contributed by atoms with Gasteiger partial charge in [-0.15, -0.1) is 0 Å². The summed E-state index contributed by atoms with van der Waals surface area (Å²) >= 11 is 0. The molecule has 0 aliphatic heterocycles. The number of nitrogens with two attached hydrogens (primary N) is 1. The number of hydrogen-bond donors (Lipinski definition) is 3. The van der Waals surface area contributed by atoms with Crippen molar-refractivity contribution in [2.24, 2.45) is 17.1 Å². The normalized spacial score (nSPS) is 17.8. The molecule has 0 radical (unpaired) electrons. The molecular weight excluding hydrogens is 252 g/mol. The molecule has 1 aromatic carbocycles. The summed E-state index contributed by atoms with van der Waals surface area (Å²) in [4.78, 5) is 12.0. The SMILES string of the molecule is CC(C)C1(CNC(=O)C(N)Cc2ccc(O)cc2)CC1. The number of carbonyl (C=O) groups is 1. The van der Waals surface area contributed by atoms with E-state index in [1.807, 2.05) is 0 Å². The van der Waals surface area contributed by atoms with Crippen molar-refractivity contribution in [3.8, 4) is 5.75 Å². The lowest BCUT2D eigenvalue weighted by Crippen LogP contribution is -2.44. The fourth-order valence-corrected chi connectivity index (χ4v) is 2.49. The first kappa shape index (κ1) is 14.9. The Balaban J connectivity index is 1.82. The number of phenols is 1. The van der Waals surface area contributed by atoms with Crippen LogP contribution < -0.4 is 11.1 Å². The van der Waals surface area contributed by atoms with Crippen LogP contribution in [0.15, 0.2) is 24.3 Å². The molecule has 4 nitrogen and oxygen atoms in total. The van der Waals surface area contributed by atoms with Crippen molar-refractivity contribution in [2.45, 2.75) is 39.2 Å². The summed E-state index contributed by atoms with van der Waals surface area (Å²) in [6.07, 6.45) is 2.87. The highest BCUT2D eigenvalue weighted by atomic mass is 16.3. The zero-order chi connectivity index (χ0) is 14.8. The Bertz CT molecular complexity index is 464. The van der Waals surface area contributed by atoms with Gasteiger partial charge in [0.2, 0.25) is 5.91 Å². The van der Waals surface area contributed by atoms with E-state index in [1.54, 1.807) is 24.3 Å². The smallest absolute Gasteiger partial charge is 0.237 e. The molecule has 1 atom stereocenters. The fourth-order valence-electron chi connectivity index (χ4n) is 2.49. The summed E-state index contributed by atoms with van der Waals surface area (Å²) in [5, 5.41) is 12.2. The highest BCUT2D eigenvalue weighted by Crippen LogP contribution is 2.51. The largest absolute Gasteiger partial charge is 0.508 e. The molecule has 20 heavy (non-hydrogen) atoms. The molecular formula is C16H24N2O2. The molecule has 0 saturated heterocycles. The minimum atomic E-state index is -0.539. The average Bonchev–Trinajstić information content (AvgIpc) is 3.20. The van der Waals surface area contributed by atoms with Crippen LogP contribution in [0, 0.1) is 11.3 Å². The summed E-state index contributed by atoms with van der Waals surface area (Å²) in [6, 6.07) is 6.26. The zero-order valence-corrected chi connectivity index (χ0v) is 12.2. The summed E-state index contributed by atoms with van der Waals surface area (Å²) in [7, 11) is 0. The monoisotopic (exact) mass is 276 g/mol. The number of rotatable bonds is 6. The number of carbonyl (C=O) groups excluding carboxylic acids is 1. The molecule has 4 heteroatoms. The van der Waals surface area contributed by atoms with Gasteiger partial charge in [0.05, 0.1) is 6.04 Å². The third-order valence-corrected chi connectivity index (χ3v) is 4.46.